The first-order valence-electron chi connectivity index (χ1n) is 13.8. The number of sulfonamides is 1. The van der Waals surface area contributed by atoms with Gasteiger partial charge in [0.2, 0.25) is 15.9 Å². The molecule has 0 aromatic heterocycles. The van der Waals surface area contributed by atoms with Crippen LogP contribution in [0.25, 0.3) is 0 Å². The van der Waals surface area contributed by atoms with E-state index in [-0.39, 0.29) is 29.3 Å². The third kappa shape index (κ3) is 6.19. The van der Waals surface area contributed by atoms with Crippen LogP contribution in [0, 0.1) is 5.92 Å². The second-order valence-corrected chi connectivity index (χ2v) is 12.1. The van der Waals surface area contributed by atoms with Crippen molar-refractivity contribution < 1.29 is 17.9 Å². The summed E-state index contributed by atoms with van der Waals surface area (Å²) in [6.07, 6.45) is 1.39. The third-order valence-corrected chi connectivity index (χ3v) is 9.61. The summed E-state index contributed by atoms with van der Waals surface area (Å²) in [4.78, 5) is 18.2. The average molecular weight is 548 g/mol. The molecule has 2 heterocycles. The van der Waals surface area contributed by atoms with Crippen molar-refractivity contribution in [2.75, 3.05) is 45.9 Å². The molecular weight excluding hydrogens is 510 g/mol. The van der Waals surface area contributed by atoms with Crippen LogP contribution in [-0.2, 0) is 14.8 Å². The van der Waals surface area contributed by atoms with E-state index in [1.165, 1.54) is 15.4 Å². The number of hydrogen-bond donors (Lipinski definition) is 0. The summed E-state index contributed by atoms with van der Waals surface area (Å²) in [5.74, 6) is 0.392. The second-order valence-electron chi connectivity index (χ2n) is 10.2. The fourth-order valence-electron chi connectivity index (χ4n) is 5.73. The second kappa shape index (κ2) is 12.3. The van der Waals surface area contributed by atoms with Crippen LogP contribution in [0.5, 0.6) is 5.75 Å². The molecule has 2 aliphatic rings. The number of carbonyl (C=O) groups excluding carboxylic acids is 1. The molecule has 39 heavy (non-hydrogen) atoms. The van der Waals surface area contributed by atoms with Crippen LogP contribution in [0.2, 0.25) is 0 Å². The lowest BCUT2D eigenvalue weighted by molar-refractivity contribution is -0.138. The van der Waals surface area contributed by atoms with Gasteiger partial charge in [0.25, 0.3) is 0 Å². The SMILES string of the molecule is CCOc1ccc(S(=O)(=O)N2CCC[C@H](C(=O)N3CCN(C(c4ccccc4)c4ccccc4)CC3)C2)cc1. The number of hydrogen-bond acceptors (Lipinski definition) is 5. The first kappa shape index (κ1) is 27.4. The molecule has 0 radical (unpaired) electrons. The molecule has 0 aliphatic carbocycles. The molecule has 2 aliphatic heterocycles. The molecule has 0 N–H and O–H groups in total. The molecule has 0 saturated carbocycles. The van der Waals surface area contributed by atoms with Gasteiger partial charge in [-0.3, -0.25) is 9.69 Å². The Balaban J connectivity index is 1.23. The number of piperazine rings is 1. The third-order valence-electron chi connectivity index (χ3n) is 7.73. The summed E-state index contributed by atoms with van der Waals surface area (Å²) < 4.78 is 33.6. The van der Waals surface area contributed by atoms with Gasteiger partial charge in [0.05, 0.1) is 23.5 Å². The van der Waals surface area contributed by atoms with Gasteiger partial charge < -0.3 is 9.64 Å². The normalized spacial score (nSPS) is 19.2. The van der Waals surface area contributed by atoms with Gasteiger partial charge in [-0.1, -0.05) is 60.7 Å². The van der Waals surface area contributed by atoms with E-state index in [0.717, 1.165) is 13.1 Å². The molecule has 0 spiro atoms. The lowest BCUT2D eigenvalue weighted by atomic mass is 9.95. The summed E-state index contributed by atoms with van der Waals surface area (Å²) in [6.45, 7) is 5.88. The Labute approximate surface area is 232 Å². The summed E-state index contributed by atoms with van der Waals surface area (Å²) in [5.41, 5.74) is 2.48. The number of rotatable bonds is 8. The first-order valence-corrected chi connectivity index (χ1v) is 15.3. The maximum absolute atomic E-state index is 13.6. The summed E-state index contributed by atoms with van der Waals surface area (Å²) in [6, 6.07) is 27.7. The van der Waals surface area contributed by atoms with Gasteiger partial charge in [-0.15, -0.1) is 0 Å². The molecule has 1 atom stereocenters. The van der Waals surface area contributed by atoms with Crippen molar-refractivity contribution >= 4 is 15.9 Å². The van der Waals surface area contributed by atoms with Crippen LogP contribution in [0.1, 0.15) is 36.9 Å². The lowest BCUT2D eigenvalue weighted by Crippen LogP contribution is -2.53. The van der Waals surface area contributed by atoms with Crippen LogP contribution < -0.4 is 4.74 Å². The molecule has 3 aromatic rings. The van der Waals surface area contributed by atoms with Crippen molar-refractivity contribution in [3.63, 3.8) is 0 Å². The Bertz CT molecular complexity index is 1290. The maximum Gasteiger partial charge on any atom is 0.243 e. The molecule has 2 fully saturated rings. The van der Waals surface area contributed by atoms with Gasteiger partial charge in [-0.25, -0.2) is 8.42 Å². The first-order chi connectivity index (χ1) is 19.0. The fraction of sp³-hybridized carbons (Fsp3) is 0.387. The van der Waals surface area contributed by atoms with E-state index in [9.17, 15) is 13.2 Å². The minimum absolute atomic E-state index is 0.0669. The van der Waals surface area contributed by atoms with E-state index in [4.69, 9.17) is 4.74 Å². The minimum atomic E-state index is -3.67. The number of nitrogens with zero attached hydrogens (tertiary/aromatic N) is 3. The van der Waals surface area contributed by atoms with E-state index < -0.39 is 10.0 Å². The fourth-order valence-corrected chi connectivity index (χ4v) is 7.25. The molecule has 7 nitrogen and oxygen atoms in total. The zero-order chi connectivity index (χ0) is 27.2. The molecule has 5 rings (SSSR count). The predicted molar refractivity (Wildman–Crippen MR) is 152 cm³/mol. The van der Waals surface area contributed by atoms with Crippen LogP contribution in [0.3, 0.4) is 0 Å². The Morgan fingerprint density at radius 3 is 2.00 bits per heavy atom. The van der Waals surface area contributed by atoms with Crippen molar-refractivity contribution in [1.29, 1.82) is 0 Å². The van der Waals surface area contributed by atoms with Crippen LogP contribution in [-0.4, -0.2) is 74.3 Å². The van der Waals surface area contributed by atoms with Crippen molar-refractivity contribution in [3.05, 3.63) is 96.1 Å². The van der Waals surface area contributed by atoms with Crippen molar-refractivity contribution in [2.24, 2.45) is 5.92 Å². The predicted octanol–water partition coefficient (Wildman–Crippen LogP) is 4.42. The van der Waals surface area contributed by atoms with Gasteiger partial charge in [-0.2, -0.15) is 4.31 Å². The van der Waals surface area contributed by atoms with Crippen molar-refractivity contribution in [2.45, 2.75) is 30.7 Å². The number of amides is 1. The van der Waals surface area contributed by atoms with E-state index in [1.807, 2.05) is 24.0 Å². The van der Waals surface area contributed by atoms with E-state index in [0.29, 0.717) is 44.8 Å². The zero-order valence-electron chi connectivity index (χ0n) is 22.5. The van der Waals surface area contributed by atoms with Gasteiger partial charge >= 0.3 is 0 Å². The van der Waals surface area contributed by atoms with Crippen LogP contribution in [0.15, 0.2) is 89.8 Å². The van der Waals surface area contributed by atoms with E-state index in [1.54, 1.807) is 24.3 Å². The Morgan fingerprint density at radius 1 is 0.846 bits per heavy atom. The quantitative estimate of drug-likeness (QED) is 0.418. The molecule has 2 saturated heterocycles. The van der Waals surface area contributed by atoms with E-state index in [2.05, 4.69) is 53.4 Å². The highest BCUT2D eigenvalue weighted by molar-refractivity contribution is 7.89. The molecule has 3 aromatic carbocycles. The highest BCUT2D eigenvalue weighted by Gasteiger charge is 2.36. The Hall–Kier alpha value is -3.20. The summed E-state index contributed by atoms with van der Waals surface area (Å²) in [7, 11) is -3.67. The number of piperidine rings is 1. The summed E-state index contributed by atoms with van der Waals surface area (Å²) in [5, 5.41) is 0. The Morgan fingerprint density at radius 2 is 1.44 bits per heavy atom. The van der Waals surface area contributed by atoms with Gasteiger partial charge in [0.15, 0.2) is 0 Å². The number of benzene rings is 3. The zero-order valence-corrected chi connectivity index (χ0v) is 23.3. The molecule has 8 heteroatoms. The highest BCUT2D eigenvalue weighted by atomic mass is 32.2. The molecule has 206 valence electrons. The lowest BCUT2D eigenvalue weighted by Gasteiger charge is -2.41. The van der Waals surface area contributed by atoms with E-state index >= 15 is 0 Å². The van der Waals surface area contributed by atoms with Crippen LogP contribution >= 0.6 is 0 Å². The Kier molecular flexibility index (Phi) is 8.65. The maximum atomic E-state index is 13.6. The highest BCUT2D eigenvalue weighted by Crippen LogP contribution is 2.31. The molecular formula is C31H37N3O4S. The van der Waals surface area contributed by atoms with Crippen molar-refractivity contribution in [1.82, 2.24) is 14.1 Å². The number of ether oxygens (including phenoxy) is 1. The molecule has 0 unspecified atom stereocenters. The van der Waals surface area contributed by atoms with Gasteiger partial charge in [0, 0.05) is 39.3 Å². The number of carbonyl (C=O) groups is 1. The monoisotopic (exact) mass is 547 g/mol. The standard InChI is InChI=1S/C31H37N3O4S/c1-2-38-28-15-17-29(18-16-28)39(36,37)34-19-9-14-27(24-34)31(35)33-22-20-32(21-23-33)30(25-10-5-3-6-11-25)26-12-7-4-8-13-26/h3-8,10-13,15-18,27,30H,2,9,14,19-24H2,1H3/t27-/m0/s1. The molecule has 0 bridgehead atoms. The van der Waals surface area contributed by atoms with Crippen LogP contribution in [0.4, 0.5) is 0 Å². The average Bonchev–Trinajstić information content (AvgIpc) is 2.99. The summed E-state index contributed by atoms with van der Waals surface area (Å²) >= 11 is 0. The smallest absolute Gasteiger partial charge is 0.243 e. The largest absolute Gasteiger partial charge is 0.494 e. The van der Waals surface area contributed by atoms with Gasteiger partial charge in [0.1, 0.15) is 5.75 Å². The minimum Gasteiger partial charge on any atom is -0.494 e. The van der Waals surface area contributed by atoms with Gasteiger partial charge in [-0.05, 0) is 55.2 Å². The van der Waals surface area contributed by atoms with Crippen molar-refractivity contribution in [3.8, 4) is 5.75 Å². The molecule has 1 amide bonds. The topological polar surface area (TPSA) is 70.2 Å².